The van der Waals surface area contributed by atoms with E-state index in [1.807, 2.05) is 0 Å². The van der Waals surface area contributed by atoms with Crippen LogP contribution < -0.4 is 10.1 Å². The lowest BCUT2D eigenvalue weighted by Gasteiger charge is -2.60. The highest BCUT2D eigenvalue weighted by Crippen LogP contribution is 2.62. The molecule has 9 nitrogen and oxygen atoms in total. The smallest absolute Gasteiger partial charge is 0.312 e. The van der Waals surface area contributed by atoms with Gasteiger partial charge in [-0.05, 0) is 50.4 Å². The minimum Gasteiger partial charge on any atom is -0.467 e. The second-order valence-electron chi connectivity index (χ2n) is 9.74. The van der Waals surface area contributed by atoms with Gasteiger partial charge in [-0.2, -0.15) is 0 Å². The van der Waals surface area contributed by atoms with Gasteiger partial charge in [0.25, 0.3) is 5.69 Å². The third-order valence-corrected chi connectivity index (χ3v) is 7.28. The molecule has 31 heavy (non-hydrogen) atoms. The summed E-state index contributed by atoms with van der Waals surface area (Å²) in [5.74, 6) is 0.972. The van der Waals surface area contributed by atoms with E-state index < -0.39 is 10.3 Å². The van der Waals surface area contributed by atoms with Gasteiger partial charge in [-0.1, -0.05) is 0 Å². The van der Waals surface area contributed by atoms with Crippen molar-refractivity contribution in [2.75, 3.05) is 6.79 Å². The summed E-state index contributed by atoms with van der Waals surface area (Å²) in [5.41, 5.74) is 0.0450. The topological polar surface area (TPSA) is 117 Å². The highest BCUT2D eigenvalue weighted by atomic mass is 16.7. The minimum absolute atomic E-state index is 0.0539. The molecule has 0 saturated heterocycles. The molecule has 2 atom stereocenters. The van der Waals surface area contributed by atoms with Crippen molar-refractivity contribution in [3.63, 3.8) is 0 Å². The Morgan fingerprint density at radius 1 is 1.26 bits per heavy atom. The molecule has 9 heteroatoms. The van der Waals surface area contributed by atoms with Gasteiger partial charge < -0.3 is 19.5 Å². The predicted octanol–water partition coefficient (Wildman–Crippen LogP) is 2.98. The van der Waals surface area contributed by atoms with Gasteiger partial charge in [-0.3, -0.25) is 19.7 Å². The van der Waals surface area contributed by atoms with Crippen molar-refractivity contribution in [2.24, 2.45) is 17.3 Å². The molecule has 1 aromatic carbocycles. The molecular weight excluding hydrogens is 404 g/mol. The number of nitro benzene ring substituents is 1. The van der Waals surface area contributed by atoms with Crippen LogP contribution in [0, 0.1) is 27.4 Å². The Bertz CT molecular complexity index is 945. The zero-order valence-electron chi connectivity index (χ0n) is 17.5. The van der Waals surface area contributed by atoms with Crippen LogP contribution in [0.1, 0.15) is 56.6 Å². The molecule has 4 fully saturated rings. The van der Waals surface area contributed by atoms with Crippen molar-refractivity contribution in [1.82, 2.24) is 5.32 Å². The second-order valence-corrected chi connectivity index (χ2v) is 9.74. The van der Waals surface area contributed by atoms with Crippen molar-refractivity contribution in [3.05, 3.63) is 33.4 Å². The van der Waals surface area contributed by atoms with E-state index in [4.69, 9.17) is 14.2 Å². The van der Waals surface area contributed by atoms with Crippen LogP contribution >= 0.6 is 0 Å². The molecule has 1 heterocycles. The van der Waals surface area contributed by atoms with E-state index in [0.29, 0.717) is 35.1 Å². The summed E-state index contributed by atoms with van der Waals surface area (Å²) >= 11 is 0. The first-order chi connectivity index (χ1) is 14.8. The third-order valence-electron chi connectivity index (χ3n) is 7.28. The van der Waals surface area contributed by atoms with Crippen LogP contribution in [0.15, 0.2) is 12.1 Å². The van der Waals surface area contributed by atoms with Crippen molar-refractivity contribution in [3.8, 4) is 5.75 Å². The number of fused-ring (bicyclic) bond motifs is 1. The number of nitrogens with one attached hydrogen (secondary N) is 1. The van der Waals surface area contributed by atoms with Gasteiger partial charge in [0, 0.05) is 35.7 Å². The van der Waals surface area contributed by atoms with E-state index in [0.717, 1.165) is 32.1 Å². The number of rotatable bonds is 5. The van der Waals surface area contributed by atoms with E-state index in [9.17, 15) is 19.7 Å². The van der Waals surface area contributed by atoms with Crippen LogP contribution in [0.4, 0.5) is 5.69 Å². The van der Waals surface area contributed by atoms with Gasteiger partial charge in [0.2, 0.25) is 5.91 Å². The Kier molecular flexibility index (Phi) is 4.69. The number of carbonyl (C=O) groups is 2. The van der Waals surface area contributed by atoms with Crippen LogP contribution in [-0.2, 0) is 32.3 Å². The average molecular weight is 430 g/mol. The molecule has 1 N–H and O–H groups in total. The molecule has 1 amide bonds. The number of nitrogens with zero attached hydrogens (tertiary/aromatic N) is 1. The maximum Gasteiger partial charge on any atom is 0.312 e. The van der Waals surface area contributed by atoms with Crippen LogP contribution in [0.25, 0.3) is 0 Å². The molecule has 4 aliphatic carbocycles. The summed E-state index contributed by atoms with van der Waals surface area (Å²) < 4.78 is 16.5. The number of hydrogen-bond donors (Lipinski definition) is 1. The molecule has 5 aliphatic rings. The summed E-state index contributed by atoms with van der Waals surface area (Å²) in [4.78, 5) is 36.0. The monoisotopic (exact) mass is 430 g/mol. The molecule has 1 aromatic rings. The maximum absolute atomic E-state index is 13.4. The Morgan fingerprint density at radius 3 is 2.68 bits per heavy atom. The zero-order valence-corrected chi connectivity index (χ0v) is 17.5. The molecule has 0 spiro atoms. The van der Waals surface area contributed by atoms with E-state index in [1.165, 1.54) is 19.1 Å². The summed E-state index contributed by atoms with van der Waals surface area (Å²) in [6.07, 6.45) is 5.10. The fourth-order valence-corrected chi connectivity index (χ4v) is 6.81. The molecule has 0 aromatic heterocycles. The lowest BCUT2D eigenvalue weighted by Crippen LogP contribution is -2.64. The molecule has 6 rings (SSSR count). The maximum atomic E-state index is 13.4. The SMILES string of the molecule is CC(=O)NC12CC3CC(C1)CC(C(=O)OCc1cc([N+](=O)[O-])cc4c1OCOC4)(C3)C2. The van der Waals surface area contributed by atoms with E-state index in [-0.39, 0.29) is 43.1 Å². The highest BCUT2D eigenvalue weighted by Gasteiger charge is 2.61. The van der Waals surface area contributed by atoms with E-state index >= 15 is 0 Å². The first kappa shape index (κ1) is 20.2. The highest BCUT2D eigenvalue weighted by molar-refractivity contribution is 5.79. The Morgan fingerprint density at radius 2 is 2.00 bits per heavy atom. The summed E-state index contributed by atoms with van der Waals surface area (Å²) in [7, 11) is 0. The molecular formula is C22H26N2O7. The standard InChI is InChI=1S/C22H26N2O7/c1-13(25)23-22-7-14-2-15(8-22)6-21(5-14,11-22)20(26)30-10-17-4-18(24(27)28)3-16-9-29-12-31-19(16)17/h3-4,14-15H,2,5-12H2,1H3,(H,23,25). The van der Waals surface area contributed by atoms with Crippen molar-refractivity contribution < 1.29 is 28.7 Å². The number of amides is 1. The number of benzene rings is 1. The van der Waals surface area contributed by atoms with Crippen LogP contribution in [0.3, 0.4) is 0 Å². The normalized spacial score (nSPS) is 32.7. The molecule has 4 saturated carbocycles. The molecule has 4 bridgehead atoms. The van der Waals surface area contributed by atoms with Crippen molar-refractivity contribution in [2.45, 2.75) is 64.2 Å². The van der Waals surface area contributed by atoms with Crippen LogP contribution in [0.5, 0.6) is 5.75 Å². The Hall–Kier alpha value is -2.68. The zero-order chi connectivity index (χ0) is 21.8. The Labute approximate surface area is 179 Å². The Balaban J connectivity index is 1.37. The summed E-state index contributed by atoms with van der Waals surface area (Å²) in [6.45, 7) is 1.70. The third kappa shape index (κ3) is 3.54. The fourth-order valence-electron chi connectivity index (χ4n) is 6.81. The number of esters is 1. The van der Waals surface area contributed by atoms with Gasteiger partial charge in [0.1, 0.15) is 12.4 Å². The van der Waals surface area contributed by atoms with Gasteiger partial charge in [0.15, 0.2) is 6.79 Å². The lowest BCUT2D eigenvalue weighted by molar-refractivity contribution is -0.385. The summed E-state index contributed by atoms with van der Waals surface area (Å²) in [5, 5.41) is 14.5. The minimum atomic E-state index is -0.600. The predicted molar refractivity (Wildman–Crippen MR) is 107 cm³/mol. The lowest BCUT2D eigenvalue weighted by atomic mass is 9.47. The van der Waals surface area contributed by atoms with Gasteiger partial charge in [0.05, 0.1) is 16.9 Å². The van der Waals surface area contributed by atoms with Crippen LogP contribution in [0.2, 0.25) is 0 Å². The molecule has 0 radical (unpaired) electrons. The quantitative estimate of drug-likeness (QED) is 0.433. The largest absolute Gasteiger partial charge is 0.467 e. The van der Waals surface area contributed by atoms with E-state index in [1.54, 1.807) is 0 Å². The first-order valence-corrected chi connectivity index (χ1v) is 10.7. The summed E-state index contributed by atoms with van der Waals surface area (Å²) in [6, 6.07) is 2.83. The number of hydrogen-bond acceptors (Lipinski definition) is 7. The number of ether oxygens (including phenoxy) is 3. The molecule has 166 valence electrons. The van der Waals surface area contributed by atoms with E-state index in [2.05, 4.69) is 5.32 Å². The first-order valence-electron chi connectivity index (χ1n) is 10.7. The molecule has 1 aliphatic heterocycles. The number of non-ortho nitro benzene ring substituents is 1. The van der Waals surface area contributed by atoms with Crippen molar-refractivity contribution in [1.29, 1.82) is 0 Å². The van der Waals surface area contributed by atoms with Crippen LogP contribution in [-0.4, -0.2) is 29.1 Å². The molecule has 2 unspecified atom stereocenters. The number of nitro groups is 1. The fraction of sp³-hybridized carbons (Fsp3) is 0.636. The van der Waals surface area contributed by atoms with Gasteiger partial charge in [-0.15, -0.1) is 0 Å². The number of carbonyl (C=O) groups excluding carboxylic acids is 2. The van der Waals surface area contributed by atoms with Crippen molar-refractivity contribution >= 4 is 17.6 Å². The average Bonchev–Trinajstić information content (AvgIpc) is 2.69. The second kappa shape index (κ2) is 7.19. The van der Waals surface area contributed by atoms with Gasteiger partial charge >= 0.3 is 5.97 Å². The van der Waals surface area contributed by atoms with Gasteiger partial charge in [-0.25, -0.2) is 0 Å².